The smallest absolute Gasteiger partial charge is 0.463 e. The van der Waals surface area contributed by atoms with Gasteiger partial charge in [-0.1, -0.05) is 5.11 Å². The molecule has 0 bridgehead atoms. The van der Waals surface area contributed by atoms with Crippen LogP contribution in [0.3, 0.4) is 0 Å². The number of hydrogen-bond acceptors (Lipinski definition) is 8. The highest BCUT2D eigenvalue weighted by molar-refractivity contribution is 7.32. The summed E-state index contributed by atoms with van der Waals surface area (Å²) in [5.41, 5.74) is 7.31. The number of aliphatic hydroxyl groups is 1. The predicted octanol–water partition coefficient (Wildman–Crippen LogP) is 0.827. The Hall–Kier alpha value is -1.77. The third-order valence-corrected chi connectivity index (χ3v) is 2.98. The SMILES string of the molecule is CC(C)(CC(N=[N+]=[N-])C(=O)OCCO)C(=O)OCCO[P+](=O)O. The van der Waals surface area contributed by atoms with Crippen molar-refractivity contribution in [1.82, 2.24) is 0 Å². The first kappa shape index (κ1) is 21.2. The van der Waals surface area contributed by atoms with Gasteiger partial charge in [0.05, 0.1) is 12.0 Å². The molecule has 0 rings (SSSR count). The number of ether oxygens (including phenoxy) is 2. The molecule has 0 spiro atoms. The summed E-state index contributed by atoms with van der Waals surface area (Å²) in [6.07, 6.45) is -0.171. The van der Waals surface area contributed by atoms with E-state index in [9.17, 15) is 14.2 Å². The second-order valence-corrected chi connectivity index (χ2v) is 5.64. The average molecular weight is 352 g/mol. The number of nitrogens with zero attached hydrogens (tertiary/aromatic N) is 3. The standard InChI is InChI=1S/C11H18N3O8P/c1-11(2,10(17)21-5-6-22-23(18)19)7-8(13-14-12)9(16)20-4-3-15/h8,15H,3-7H2,1-2H3/p+1. The fraction of sp³-hybridized carbons (Fsp3) is 0.818. The Kier molecular flexibility index (Phi) is 10.0. The summed E-state index contributed by atoms with van der Waals surface area (Å²) in [6, 6.07) is -1.25. The van der Waals surface area contributed by atoms with Crippen molar-refractivity contribution in [1.29, 1.82) is 0 Å². The van der Waals surface area contributed by atoms with Crippen LogP contribution in [0.5, 0.6) is 0 Å². The van der Waals surface area contributed by atoms with E-state index in [4.69, 9.17) is 20.3 Å². The number of carbonyl (C=O) groups excluding carboxylic acids is 2. The van der Waals surface area contributed by atoms with E-state index in [0.29, 0.717) is 0 Å². The van der Waals surface area contributed by atoms with Crippen molar-refractivity contribution in [2.45, 2.75) is 26.3 Å². The number of hydrogen-bond donors (Lipinski definition) is 2. The molecule has 0 aliphatic carbocycles. The van der Waals surface area contributed by atoms with Crippen LogP contribution in [0, 0.1) is 5.41 Å². The van der Waals surface area contributed by atoms with Gasteiger partial charge >= 0.3 is 20.2 Å². The van der Waals surface area contributed by atoms with Gasteiger partial charge in [-0.3, -0.25) is 9.59 Å². The molecule has 0 aromatic rings. The highest BCUT2D eigenvalue weighted by Crippen LogP contribution is 2.26. The van der Waals surface area contributed by atoms with Crippen molar-refractivity contribution in [3.05, 3.63) is 10.4 Å². The zero-order chi connectivity index (χ0) is 17.9. The van der Waals surface area contributed by atoms with Crippen molar-refractivity contribution >= 4 is 20.2 Å². The number of aliphatic hydroxyl groups excluding tert-OH is 1. The molecular weight excluding hydrogens is 333 g/mol. The van der Waals surface area contributed by atoms with Crippen LogP contribution in [0.4, 0.5) is 0 Å². The van der Waals surface area contributed by atoms with Gasteiger partial charge in [-0.2, -0.15) is 0 Å². The first-order valence-electron chi connectivity index (χ1n) is 6.52. The Morgan fingerprint density at radius 1 is 1.30 bits per heavy atom. The summed E-state index contributed by atoms with van der Waals surface area (Å²) in [5, 5.41) is 11.9. The fourth-order valence-electron chi connectivity index (χ4n) is 1.49. The second-order valence-electron chi connectivity index (χ2n) is 4.91. The summed E-state index contributed by atoms with van der Waals surface area (Å²) in [4.78, 5) is 34.6. The highest BCUT2D eigenvalue weighted by atomic mass is 31.1. The first-order valence-corrected chi connectivity index (χ1v) is 7.65. The van der Waals surface area contributed by atoms with Gasteiger partial charge in [0.15, 0.2) is 0 Å². The maximum atomic E-state index is 11.9. The molecule has 0 aliphatic rings. The first-order chi connectivity index (χ1) is 10.7. The van der Waals surface area contributed by atoms with Gasteiger partial charge in [-0.05, 0) is 25.8 Å². The van der Waals surface area contributed by atoms with Crippen LogP contribution in [0.25, 0.3) is 10.4 Å². The lowest BCUT2D eigenvalue weighted by Gasteiger charge is -2.24. The maximum Gasteiger partial charge on any atom is 0.694 e. The Labute approximate surface area is 133 Å². The van der Waals surface area contributed by atoms with Crippen LogP contribution in [0.15, 0.2) is 5.11 Å². The Morgan fingerprint density at radius 2 is 1.96 bits per heavy atom. The van der Waals surface area contributed by atoms with Crippen LogP contribution in [0.1, 0.15) is 20.3 Å². The van der Waals surface area contributed by atoms with Gasteiger partial charge in [0, 0.05) is 9.48 Å². The minimum atomic E-state index is -2.77. The topological polar surface area (TPSA) is 168 Å². The molecule has 2 N–H and O–H groups in total. The van der Waals surface area contributed by atoms with Crippen molar-refractivity contribution in [3.8, 4) is 0 Å². The van der Waals surface area contributed by atoms with E-state index in [0.717, 1.165) is 0 Å². The zero-order valence-corrected chi connectivity index (χ0v) is 13.6. The van der Waals surface area contributed by atoms with E-state index in [2.05, 4.69) is 19.3 Å². The number of carbonyl (C=O) groups is 2. The summed E-state index contributed by atoms with van der Waals surface area (Å²) in [5.74, 6) is -1.57. The number of esters is 2. The van der Waals surface area contributed by atoms with Gasteiger partial charge in [-0.25, -0.2) is 0 Å². The Balaban J connectivity index is 4.62. The molecule has 0 aliphatic heterocycles. The minimum Gasteiger partial charge on any atom is -0.463 e. The molecule has 0 fully saturated rings. The largest absolute Gasteiger partial charge is 0.694 e. The molecule has 0 aromatic heterocycles. The lowest BCUT2D eigenvalue weighted by Crippen LogP contribution is -2.35. The number of azide groups is 1. The molecule has 2 unspecified atom stereocenters. The van der Waals surface area contributed by atoms with E-state index in [1.165, 1.54) is 13.8 Å². The van der Waals surface area contributed by atoms with Gasteiger partial charge in [-0.15, -0.1) is 9.42 Å². The van der Waals surface area contributed by atoms with Crippen LogP contribution < -0.4 is 0 Å². The average Bonchev–Trinajstić information content (AvgIpc) is 2.48. The summed E-state index contributed by atoms with van der Waals surface area (Å²) in [6.45, 7) is 1.81. The molecule has 130 valence electrons. The normalized spacial score (nSPS) is 12.8. The summed E-state index contributed by atoms with van der Waals surface area (Å²) in [7, 11) is -2.77. The summed E-state index contributed by atoms with van der Waals surface area (Å²) >= 11 is 0. The van der Waals surface area contributed by atoms with E-state index in [1.54, 1.807) is 0 Å². The van der Waals surface area contributed by atoms with Gasteiger partial charge in [0.25, 0.3) is 0 Å². The molecule has 0 aromatic carbocycles. The van der Waals surface area contributed by atoms with Crippen molar-refractivity contribution in [2.75, 3.05) is 26.4 Å². The Morgan fingerprint density at radius 3 is 2.48 bits per heavy atom. The van der Waals surface area contributed by atoms with Crippen LogP contribution in [-0.4, -0.2) is 54.4 Å². The molecule has 0 heterocycles. The molecular formula is C11H19N3O8P+. The molecule has 23 heavy (non-hydrogen) atoms. The monoisotopic (exact) mass is 352 g/mol. The third-order valence-electron chi connectivity index (χ3n) is 2.57. The lowest BCUT2D eigenvalue weighted by atomic mass is 9.86. The number of rotatable bonds is 11. The molecule has 12 heteroatoms. The molecule has 0 saturated carbocycles. The van der Waals surface area contributed by atoms with E-state index >= 15 is 0 Å². The second kappa shape index (κ2) is 10.9. The molecule has 0 amide bonds. The van der Waals surface area contributed by atoms with Gasteiger partial charge in [0.2, 0.25) is 0 Å². The maximum absolute atomic E-state index is 11.9. The van der Waals surface area contributed by atoms with Crippen LogP contribution in [-0.2, 0) is 28.2 Å². The Bertz CT molecular complexity index is 478. The quantitative estimate of drug-likeness (QED) is 0.137. The highest BCUT2D eigenvalue weighted by Gasteiger charge is 2.35. The molecule has 2 atom stereocenters. The van der Waals surface area contributed by atoms with E-state index in [-0.39, 0.29) is 32.8 Å². The van der Waals surface area contributed by atoms with E-state index in [1.807, 2.05) is 0 Å². The zero-order valence-electron chi connectivity index (χ0n) is 12.7. The van der Waals surface area contributed by atoms with Crippen LogP contribution in [0.2, 0.25) is 0 Å². The third kappa shape index (κ3) is 9.07. The summed E-state index contributed by atoms with van der Waals surface area (Å²) < 4.78 is 24.2. The fourth-order valence-corrected chi connectivity index (χ4v) is 1.72. The lowest BCUT2D eigenvalue weighted by molar-refractivity contribution is -0.156. The van der Waals surface area contributed by atoms with Crippen molar-refractivity contribution in [3.63, 3.8) is 0 Å². The van der Waals surface area contributed by atoms with Gasteiger partial charge < -0.3 is 14.6 Å². The molecule has 0 radical (unpaired) electrons. The van der Waals surface area contributed by atoms with Crippen molar-refractivity contribution < 1.29 is 38.2 Å². The van der Waals surface area contributed by atoms with Crippen molar-refractivity contribution in [2.24, 2.45) is 10.5 Å². The predicted molar refractivity (Wildman–Crippen MR) is 76.1 cm³/mol. The van der Waals surface area contributed by atoms with Gasteiger partial charge in [0.1, 0.15) is 25.9 Å². The molecule has 11 nitrogen and oxygen atoms in total. The minimum absolute atomic E-state index is 0.171. The van der Waals surface area contributed by atoms with E-state index < -0.39 is 31.7 Å². The molecule has 0 saturated heterocycles. The van der Waals surface area contributed by atoms with Crippen LogP contribution >= 0.6 is 8.25 Å².